The second kappa shape index (κ2) is 13.4. The number of aromatic amines is 1. The van der Waals surface area contributed by atoms with Crippen LogP contribution in [0.15, 0.2) is 54.7 Å². The summed E-state index contributed by atoms with van der Waals surface area (Å²) in [4.78, 5) is 23.8. The second-order valence-corrected chi connectivity index (χ2v) is 10.2. The number of piperazine rings is 1. The van der Waals surface area contributed by atoms with Crippen molar-refractivity contribution in [1.29, 1.82) is 5.26 Å². The number of anilines is 1. The predicted molar refractivity (Wildman–Crippen MR) is 152 cm³/mol. The minimum atomic E-state index is 0.243. The summed E-state index contributed by atoms with van der Waals surface area (Å²) in [5.41, 5.74) is 4.13. The van der Waals surface area contributed by atoms with Gasteiger partial charge >= 0.3 is 0 Å². The Bertz CT molecular complexity index is 1170. The monoisotopic (exact) mass is 499 g/mol. The number of benzene rings is 2. The van der Waals surface area contributed by atoms with Crippen molar-refractivity contribution in [1.82, 2.24) is 14.8 Å². The Morgan fingerprint density at radius 3 is 2.46 bits per heavy atom. The minimum absolute atomic E-state index is 0.243. The van der Waals surface area contributed by atoms with Gasteiger partial charge < -0.3 is 19.7 Å². The molecule has 1 aromatic heterocycles. The summed E-state index contributed by atoms with van der Waals surface area (Å²) in [6.45, 7) is 10.4. The number of carbonyl (C=O) groups is 1. The summed E-state index contributed by atoms with van der Waals surface area (Å²) in [6, 6.07) is 18.5. The van der Waals surface area contributed by atoms with Gasteiger partial charge in [0.1, 0.15) is 0 Å². The van der Waals surface area contributed by atoms with Gasteiger partial charge in [-0.1, -0.05) is 38.5 Å². The number of fused-ring (bicyclic) bond motifs is 1. The first-order valence-corrected chi connectivity index (χ1v) is 13.9. The van der Waals surface area contributed by atoms with Crippen molar-refractivity contribution < 1.29 is 4.79 Å². The molecule has 2 aromatic carbocycles. The molecule has 196 valence electrons. The third-order valence-electron chi connectivity index (χ3n) is 7.69. The number of aryl methyl sites for hydroxylation is 1. The number of hydrogen-bond donors (Lipinski definition) is 1. The summed E-state index contributed by atoms with van der Waals surface area (Å²) < 4.78 is 0. The minimum Gasteiger partial charge on any atom is -0.361 e. The standard InChI is InChI=1S/C31H41N5O/c1-3-9-27(4-2)36(28-11-6-5-7-12-28)31(37)15-17-35-20-18-34(19-21-35)16-8-10-26-24-33-30-14-13-25(23-32)22-29(26)30/h5-7,11-14,22,24,27,33H,3-4,8-10,15-21H2,1-2H3. The lowest BCUT2D eigenvalue weighted by atomic mass is 10.1. The molecular formula is C31H41N5O. The number of carbonyl (C=O) groups excluding carboxylic acids is 1. The number of rotatable bonds is 12. The van der Waals surface area contributed by atoms with Crippen LogP contribution >= 0.6 is 0 Å². The summed E-state index contributed by atoms with van der Waals surface area (Å²) in [6.07, 6.45) is 7.86. The summed E-state index contributed by atoms with van der Waals surface area (Å²) in [5, 5.41) is 10.4. The maximum atomic E-state index is 13.4. The molecule has 2 heterocycles. The van der Waals surface area contributed by atoms with E-state index in [1.807, 2.05) is 36.4 Å². The Labute approximate surface area is 221 Å². The largest absolute Gasteiger partial charge is 0.361 e. The van der Waals surface area contributed by atoms with E-state index < -0.39 is 0 Å². The molecule has 1 N–H and O–H groups in total. The number of nitrogens with zero attached hydrogens (tertiary/aromatic N) is 4. The zero-order valence-corrected chi connectivity index (χ0v) is 22.5. The van der Waals surface area contributed by atoms with E-state index in [4.69, 9.17) is 0 Å². The molecule has 0 radical (unpaired) electrons. The van der Waals surface area contributed by atoms with Gasteiger partial charge in [-0.3, -0.25) is 4.79 Å². The van der Waals surface area contributed by atoms with E-state index in [9.17, 15) is 10.1 Å². The van der Waals surface area contributed by atoms with Crippen LogP contribution in [-0.4, -0.2) is 66.0 Å². The summed E-state index contributed by atoms with van der Waals surface area (Å²) >= 11 is 0. The lowest BCUT2D eigenvalue weighted by Gasteiger charge is -2.36. The van der Waals surface area contributed by atoms with E-state index >= 15 is 0 Å². The zero-order valence-electron chi connectivity index (χ0n) is 22.5. The SMILES string of the molecule is CCCC(CC)N(C(=O)CCN1CCN(CCCc2c[nH]c3ccc(C#N)cc23)CC1)c1ccccc1. The maximum Gasteiger partial charge on any atom is 0.228 e. The third-order valence-corrected chi connectivity index (χ3v) is 7.69. The van der Waals surface area contributed by atoms with E-state index in [1.54, 1.807) is 0 Å². The molecule has 1 aliphatic rings. The quantitative estimate of drug-likeness (QED) is 0.353. The van der Waals surface area contributed by atoms with Gasteiger partial charge in [-0.05, 0) is 68.1 Å². The molecule has 1 amide bonds. The molecule has 1 atom stereocenters. The van der Waals surface area contributed by atoms with Crippen molar-refractivity contribution in [3.05, 3.63) is 65.9 Å². The fraction of sp³-hybridized carbons (Fsp3) is 0.484. The number of hydrogen-bond acceptors (Lipinski definition) is 4. The average molecular weight is 500 g/mol. The molecule has 1 fully saturated rings. The van der Waals surface area contributed by atoms with Gasteiger partial charge in [0.25, 0.3) is 0 Å². The smallest absolute Gasteiger partial charge is 0.228 e. The maximum absolute atomic E-state index is 13.4. The molecule has 6 nitrogen and oxygen atoms in total. The summed E-state index contributed by atoms with van der Waals surface area (Å²) in [7, 11) is 0. The van der Waals surface area contributed by atoms with Gasteiger partial charge in [-0.2, -0.15) is 5.26 Å². The molecule has 0 saturated carbocycles. The predicted octanol–water partition coefficient (Wildman–Crippen LogP) is 5.59. The van der Waals surface area contributed by atoms with Crippen molar-refractivity contribution in [2.75, 3.05) is 44.2 Å². The van der Waals surface area contributed by atoms with Gasteiger partial charge in [0.05, 0.1) is 11.6 Å². The molecular weight excluding hydrogens is 458 g/mol. The molecule has 0 spiro atoms. The Hall–Kier alpha value is -3.14. The highest BCUT2D eigenvalue weighted by molar-refractivity contribution is 5.94. The fourth-order valence-electron chi connectivity index (χ4n) is 5.55. The lowest BCUT2D eigenvalue weighted by molar-refractivity contribution is -0.119. The van der Waals surface area contributed by atoms with E-state index in [0.717, 1.165) is 82.6 Å². The van der Waals surface area contributed by atoms with E-state index in [1.165, 1.54) is 10.9 Å². The van der Waals surface area contributed by atoms with Crippen molar-refractivity contribution in [2.24, 2.45) is 0 Å². The van der Waals surface area contributed by atoms with E-state index in [-0.39, 0.29) is 11.9 Å². The van der Waals surface area contributed by atoms with E-state index in [2.05, 4.69) is 57.9 Å². The summed E-state index contributed by atoms with van der Waals surface area (Å²) in [5.74, 6) is 0.243. The molecule has 6 heteroatoms. The molecule has 1 aliphatic heterocycles. The molecule has 37 heavy (non-hydrogen) atoms. The first-order chi connectivity index (χ1) is 18.1. The lowest BCUT2D eigenvalue weighted by Crippen LogP contribution is -2.48. The highest BCUT2D eigenvalue weighted by Gasteiger charge is 2.25. The molecule has 1 unspecified atom stereocenters. The Kier molecular flexibility index (Phi) is 9.76. The van der Waals surface area contributed by atoms with Gasteiger partial charge in [-0.15, -0.1) is 0 Å². The van der Waals surface area contributed by atoms with Crippen LogP contribution in [0.4, 0.5) is 5.69 Å². The molecule has 3 aromatic rings. The van der Waals surface area contributed by atoms with Gasteiger partial charge in [0, 0.05) is 68.0 Å². The highest BCUT2D eigenvalue weighted by atomic mass is 16.2. The van der Waals surface area contributed by atoms with Crippen molar-refractivity contribution in [3.8, 4) is 6.07 Å². The van der Waals surface area contributed by atoms with Crippen molar-refractivity contribution in [3.63, 3.8) is 0 Å². The number of aromatic nitrogens is 1. The van der Waals surface area contributed by atoms with Crippen LogP contribution in [0, 0.1) is 11.3 Å². The van der Waals surface area contributed by atoms with Crippen LogP contribution in [-0.2, 0) is 11.2 Å². The first kappa shape index (κ1) is 26.9. The van der Waals surface area contributed by atoms with Gasteiger partial charge in [0.15, 0.2) is 0 Å². The Morgan fingerprint density at radius 2 is 1.78 bits per heavy atom. The number of nitrogens with one attached hydrogen (secondary N) is 1. The number of para-hydroxylation sites is 1. The van der Waals surface area contributed by atoms with Gasteiger partial charge in [-0.25, -0.2) is 0 Å². The highest BCUT2D eigenvalue weighted by Crippen LogP contribution is 2.23. The average Bonchev–Trinajstić information content (AvgIpc) is 3.35. The van der Waals surface area contributed by atoms with Crippen LogP contribution < -0.4 is 4.90 Å². The molecule has 0 bridgehead atoms. The molecule has 4 rings (SSSR count). The fourth-order valence-corrected chi connectivity index (χ4v) is 5.55. The first-order valence-electron chi connectivity index (χ1n) is 13.9. The Morgan fingerprint density at radius 1 is 1.05 bits per heavy atom. The van der Waals surface area contributed by atoms with Crippen LogP contribution in [0.3, 0.4) is 0 Å². The number of nitriles is 1. The van der Waals surface area contributed by atoms with Crippen molar-refractivity contribution in [2.45, 2.75) is 58.4 Å². The van der Waals surface area contributed by atoms with E-state index in [0.29, 0.717) is 12.0 Å². The van der Waals surface area contributed by atoms with Crippen molar-refractivity contribution >= 4 is 22.5 Å². The topological polar surface area (TPSA) is 66.4 Å². The Balaban J connectivity index is 1.23. The number of amides is 1. The molecule has 1 saturated heterocycles. The second-order valence-electron chi connectivity index (χ2n) is 10.2. The third kappa shape index (κ3) is 7.00. The van der Waals surface area contributed by atoms with Gasteiger partial charge in [0.2, 0.25) is 5.91 Å². The zero-order chi connectivity index (χ0) is 26.0. The normalized spacial score (nSPS) is 15.5. The van der Waals surface area contributed by atoms with Crippen LogP contribution in [0.25, 0.3) is 10.9 Å². The number of H-pyrrole nitrogens is 1. The van der Waals surface area contributed by atoms with Crippen LogP contribution in [0.2, 0.25) is 0 Å². The molecule has 0 aliphatic carbocycles. The van der Waals surface area contributed by atoms with Crippen LogP contribution in [0.1, 0.15) is 57.1 Å². The van der Waals surface area contributed by atoms with Crippen LogP contribution in [0.5, 0.6) is 0 Å².